The molecule has 0 saturated heterocycles. The van der Waals surface area contributed by atoms with Gasteiger partial charge in [0.25, 0.3) is 0 Å². The van der Waals surface area contributed by atoms with Crippen molar-refractivity contribution in [2.75, 3.05) is 0 Å². The van der Waals surface area contributed by atoms with Gasteiger partial charge in [0.15, 0.2) is 0 Å². The molecule has 0 aliphatic rings. The molecule has 0 amide bonds. The van der Waals surface area contributed by atoms with Crippen LogP contribution in [0.2, 0.25) is 0 Å². The van der Waals surface area contributed by atoms with E-state index in [1.807, 2.05) is 49.4 Å². The zero-order valence-electron chi connectivity index (χ0n) is 10.5. The lowest BCUT2D eigenvalue weighted by Crippen LogP contribution is -2.11. The molecule has 0 aliphatic heterocycles. The highest BCUT2D eigenvalue weighted by atomic mass is 31.1. The summed E-state index contributed by atoms with van der Waals surface area (Å²) in [5.41, 5.74) is 1.81. The molecule has 0 saturated carbocycles. The average molecular weight is 260 g/mol. The molecule has 3 heteroatoms. The molecule has 0 heterocycles. The van der Waals surface area contributed by atoms with Crippen molar-refractivity contribution in [3.05, 3.63) is 53.6 Å². The van der Waals surface area contributed by atoms with Gasteiger partial charge in [0.05, 0.1) is 6.10 Å². The van der Waals surface area contributed by atoms with Gasteiger partial charge in [-0.05, 0) is 30.3 Å². The Kier molecular flexibility index (Phi) is 4.00. The van der Waals surface area contributed by atoms with E-state index >= 15 is 0 Å². The van der Waals surface area contributed by atoms with Crippen molar-refractivity contribution >= 4 is 19.2 Å². The van der Waals surface area contributed by atoms with Gasteiger partial charge in [-0.2, -0.15) is 0 Å². The Labute approximate surface area is 109 Å². The summed E-state index contributed by atoms with van der Waals surface area (Å²) in [7, 11) is 0.354. The second-order valence-corrected chi connectivity index (χ2v) is 5.69. The molecular formula is C15H17O2P. The van der Waals surface area contributed by atoms with Crippen LogP contribution in [0.25, 0.3) is 0 Å². The van der Waals surface area contributed by atoms with Gasteiger partial charge < -0.3 is 10.2 Å². The Balaban J connectivity index is 2.37. The monoisotopic (exact) mass is 260 g/mol. The van der Waals surface area contributed by atoms with E-state index in [0.717, 1.165) is 21.7 Å². The minimum atomic E-state index is -0.486. The van der Waals surface area contributed by atoms with Gasteiger partial charge in [-0.3, -0.25) is 0 Å². The molecular weight excluding hydrogens is 243 g/mol. The van der Waals surface area contributed by atoms with E-state index in [2.05, 4.69) is 0 Å². The number of hydrogen-bond acceptors (Lipinski definition) is 2. The van der Waals surface area contributed by atoms with Crippen LogP contribution in [0.3, 0.4) is 0 Å². The van der Waals surface area contributed by atoms with E-state index in [1.165, 1.54) is 0 Å². The predicted molar refractivity (Wildman–Crippen MR) is 77.5 cm³/mol. The standard InChI is InChI=1S/C15H17O2P/c1-10-6-5-9-14(15(10)17)18-13-8-4-3-7-12(13)11(2)16/h3-9,11,16-18H,1-2H3. The molecule has 18 heavy (non-hydrogen) atoms. The number of phenolic OH excluding ortho intramolecular Hbond substituents is 1. The third-order valence-electron chi connectivity index (χ3n) is 2.92. The zero-order valence-corrected chi connectivity index (χ0v) is 11.5. The molecule has 2 nitrogen and oxygen atoms in total. The maximum Gasteiger partial charge on any atom is 0.126 e. The Bertz CT molecular complexity index is 550. The van der Waals surface area contributed by atoms with E-state index in [4.69, 9.17) is 0 Å². The largest absolute Gasteiger partial charge is 0.507 e. The highest BCUT2D eigenvalue weighted by Gasteiger charge is 2.10. The molecule has 0 spiro atoms. The number of aliphatic hydroxyl groups is 1. The number of rotatable bonds is 3. The van der Waals surface area contributed by atoms with E-state index in [9.17, 15) is 10.2 Å². The summed E-state index contributed by atoms with van der Waals surface area (Å²) in [5.74, 6) is 0.358. The van der Waals surface area contributed by atoms with Gasteiger partial charge in [-0.15, -0.1) is 0 Å². The van der Waals surface area contributed by atoms with E-state index < -0.39 is 6.10 Å². The van der Waals surface area contributed by atoms with Crippen LogP contribution >= 0.6 is 8.58 Å². The normalized spacial score (nSPS) is 13.1. The summed E-state index contributed by atoms with van der Waals surface area (Å²) in [6.07, 6.45) is -0.486. The molecule has 0 aliphatic carbocycles. The van der Waals surface area contributed by atoms with Crippen LogP contribution in [-0.4, -0.2) is 10.2 Å². The smallest absolute Gasteiger partial charge is 0.126 e. The van der Waals surface area contributed by atoms with Crippen LogP contribution in [0.5, 0.6) is 5.75 Å². The first-order valence-electron chi connectivity index (χ1n) is 5.92. The Morgan fingerprint density at radius 2 is 1.67 bits per heavy atom. The molecule has 0 radical (unpaired) electrons. The highest BCUT2D eigenvalue weighted by molar-refractivity contribution is 7.55. The first kappa shape index (κ1) is 13.1. The molecule has 0 bridgehead atoms. The maximum atomic E-state index is 10.0. The summed E-state index contributed by atoms with van der Waals surface area (Å²) in [4.78, 5) is 0. The molecule has 2 rings (SSSR count). The third kappa shape index (κ3) is 2.72. The Morgan fingerprint density at radius 1 is 1.00 bits per heavy atom. The molecule has 94 valence electrons. The first-order chi connectivity index (χ1) is 8.59. The predicted octanol–water partition coefficient (Wildman–Crippen LogP) is 2.38. The number of hydrogen-bond donors (Lipinski definition) is 2. The van der Waals surface area contributed by atoms with Gasteiger partial charge in [-0.25, -0.2) is 0 Å². The van der Waals surface area contributed by atoms with Crippen molar-refractivity contribution in [1.29, 1.82) is 0 Å². The fourth-order valence-electron chi connectivity index (χ4n) is 1.88. The lowest BCUT2D eigenvalue weighted by molar-refractivity contribution is 0.200. The van der Waals surface area contributed by atoms with Crippen LogP contribution in [-0.2, 0) is 0 Å². The lowest BCUT2D eigenvalue weighted by Gasteiger charge is -2.13. The summed E-state index contributed by atoms with van der Waals surface area (Å²) in [6.45, 7) is 3.66. The van der Waals surface area contributed by atoms with Crippen LogP contribution in [0.4, 0.5) is 0 Å². The molecule has 0 aromatic heterocycles. The molecule has 2 aromatic carbocycles. The van der Waals surface area contributed by atoms with Crippen molar-refractivity contribution in [3.63, 3.8) is 0 Å². The molecule has 2 atom stereocenters. The SMILES string of the molecule is Cc1cccc(Pc2ccccc2C(C)O)c1O. The van der Waals surface area contributed by atoms with Gasteiger partial charge in [0.2, 0.25) is 0 Å². The van der Waals surface area contributed by atoms with E-state index in [1.54, 1.807) is 6.92 Å². The topological polar surface area (TPSA) is 40.5 Å². The highest BCUT2D eigenvalue weighted by Crippen LogP contribution is 2.24. The molecule has 2 unspecified atom stereocenters. The van der Waals surface area contributed by atoms with Crippen molar-refractivity contribution in [3.8, 4) is 5.75 Å². The van der Waals surface area contributed by atoms with E-state index in [0.29, 0.717) is 14.3 Å². The van der Waals surface area contributed by atoms with Crippen LogP contribution in [0.15, 0.2) is 42.5 Å². The number of aliphatic hydroxyl groups excluding tert-OH is 1. The van der Waals surface area contributed by atoms with E-state index in [-0.39, 0.29) is 0 Å². The van der Waals surface area contributed by atoms with Crippen LogP contribution in [0.1, 0.15) is 24.2 Å². The summed E-state index contributed by atoms with van der Waals surface area (Å²) in [5, 5.41) is 21.8. The minimum Gasteiger partial charge on any atom is -0.507 e. The van der Waals surface area contributed by atoms with Crippen molar-refractivity contribution < 1.29 is 10.2 Å². The fourth-order valence-corrected chi connectivity index (χ4v) is 3.28. The quantitative estimate of drug-likeness (QED) is 0.832. The number of aryl methyl sites for hydroxylation is 1. The Morgan fingerprint density at radius 3 is 2.39 bits per heavy atom. The van der Waals surface area contributed by atoms with Gasteiger partial charge >= 0.3 is 0 Å². The lowest BCUT2D eigenvalue weighted by atomic mass is 10.1. The zero-order chi connectivity index (χ0) is 13.1. The van der Waals surface area contributed by atoms with Gasteiger partial charge in [-0.1, -0.05) is 51.0 Å². The van der Waals surface area contributed by atoms with Gasteiger partial charge in [0, 0.05) is 5.30 Å². The van der Waals surface area contributed by atoms with Crippen LogP contribution in [0, 0.1) is 6.92 Å². The van der Waals surface area contributed by atoms with Crippen molar-refractivity contribution in [1.82, 2.24) is 0 Å². The van der Waals surface area contributed by atoms with Crippen molar-refractivity contribution in [2.45, 2.75) is 20.0 Å². The maximum absolute atomic E-state index is 10.0. The molecule has 2 aromatic rings. The Hall–Kier alpha value is -1.37. The third-order valence-corrected chi connectivity index (χ3v) is 4.32. The molecule has 2 N–H and O–H groups in total. The fraction of sp³-hybridized carbons (Fsp3) is 0.200. The number of para-hydroxylation sites is 1. The van der Waals surface area contributed by atoms with Crippen LogP contribution < -0.4 is 10.6 Å². The minimum absolute atomic E-state index is 0.354. The second kappa shape index (κ2) is 5.51. The number of phenols is 1. The summed E-state index contributed by atoms with van der Waals surface area (Å²) >= 11 is 0. The second-order valence-electron chi connectivity index (χ2n) is 4.36. The van der Waals surface area contributed by atoms with Crippen molar-refractivity contribution in [2.24, 2.45) is 0 Å². The number of benzene rings is 2. The first-order valence-corrected chi connectivity index (χ1v) is 6.92. The molecule has 0 fully saturated rings. The average Bonchev–Trinajstić information content (AvgIpc) is 2.35. The summed E-state index contributed by atoms with van der Waals surface area (Å²) in [6, 6.07) is 13.6. The number of aromatic hydroxyl groups is 1. The summed E-state index contributed by atoms with van der Waals surface area (Å²) < 4.78 is 0. The van der Waals surface area contributed by atoms with Gasteiger partial charge in [0.1, 0.15) is 5.75 Å².